The number of aromatic nitrogens is 1. The third kappa shape index (κ3) is 3.82. The van der Waals surface area contributed by atoms with E-state index in [9.17, 15) is 13.2 Å². The molecule has 0 saturated carbocycles. The van der Waals surface area contributed by atoms with E-state index in [1.165, 1.54) is 24.3 Å². The fourth-order valence-corrected chi connectivity index (χ4v) is 3.98. The molecule has 3 aromatic rings. The second-order valence-electron chi connectivity index (χ2n) is 6.21. The van der Waals surface area contributed by atoms with Crippen LogP contribution in [0.4, 0.5) is 0 Å². The van der Waals surface area contributed by atoms with Gasteiger partial charge in [-0.2, -0.15) is 0 Å². The molecule has 0 amide bonds. The molecule has 26 heavy (non-hydrogen) atoms. The van der Waals surface area contributed by atoms with Gasteiger partial charge in [0.1, 0.15) is 0 Å². The first-order valence-corrected chi connectivity index (χ1v) is 10.0. The number of aromatic amines is 1. The van der Waals surface area contributed by atoms with E-state index in [2.05, 4.69) is 9.71 Å². The summed E-state index contributed by atoms with van der Waals surface area (Å²) >= 11 is 5.78. The second-order valence-corrected chi connectivity index (χ2v) is 8.42. The van der Waals surface area contributed by atoms with Crippen molar-refractivity contribution in [2.24, 2.45) is 0 Å². The van der Waals surface area contributed by atoms with Gasteiger partial charge in [-0.1, -0.05) is 23.7 Å². The van der Waals surface area contributed by atoms with Gasteiger partial charge in [0, 0.05) is 22.5 Å². The number of halogens is 1. The van der Waals surface area contributed by atoms with Crippen LogP contribution in [0.3, 0.4) is 0 Å². The molecule has 136 valence electrons. The number of pyridine rings is 1. The average Bonchev–Trinajstić information content (AvgIpc) is 2.59. The van der Waals surface area contributed by atoms with E-state index in [0.717, 1.165) is 22.0 Å². The summed E-state index contributed by atoms with van der Waals surface area (Å²) in [7, 11) is -3.64. The average molecular weight is 391 g/mol. The van der Waals surface area contributed by atoms with Gasteiger partial charge in [0.05, 0.1) is 10.4 Å². The smallest absolute Gasteiger partial charge is 0.251 e. The van der Waals surface area contributed by atoms with Crippen LogP contribution in [0.25, 0.3) is 10.9 Å². The number of hydrogen-bond donors (Lipinski definition) is 2. The van der Waals surface area contributed by atoms with Crippen molar-refractivity contribution < 1.29 is 8.42 Å². The Bertz CT molecular complexity index is 1120. The van der Waals surface area contributed by atoms with E-state index in [1.807, 2.05) is 32.0 Å². The van der Waals surface area contributed by atoms with Crippen molar-refractivity contribution in [1.29, 1.82) is 0 Å². The molecule has 0 saturated heterocycles. The van der Waals surface area contributed by atoms with Gasteiger partial charge in [-0.15, -0.1) is 0 Å². The van der Waals surface area contributed by atoms with Crippen molar-refractivity contribution in [2.45, 2.75) is 25.2 Å². The Morgan fingerprint density at radius 2 is 1.69 bits per heavy atom. The standard InChI is InChI=1S/C19H19ClN2O3S/c1-12-3-4-13(2)18-17(12)11-14(19(23)22-18)9-10-21-26(24,25)16-7-5-15(20)6-8-16/h3-8,11,21H,9-10H2,1-2H3,(H,22,23). The third-order valence-corrected chi connectivity index (χ3v) is 6.06. The summed E-state index contributed by atoms with van der Waals surface area (Å²) in [6.45, 7) is 4.05. The molecule has 0 bridgehead atoms. The molecule has 5 nitrogen and oxygen atoms in total. The highest BCUT2D eigenvalue weighted by Gasteiger charge is 2.14. The Balaban J connectivity index is 1.80. The lowest BCUT2D eigenvalue weighted by atomic mass is 10.0. The fraction of sp³-hybridized carbons (Fsp3) is 0.211. The summed E-state index contributed by atoms with van der Waals surface area (Å²) < 4.78 is 27.1. The third-order valence-electron chi connectivity index (χ3n) is 4.33. The number of sulfonamides is 1. The first-order valence-electron chi connectivity index (χ1n) is 8.15. The number of H-pyrrole nitrogens is 1. The number of benzene rings is 2. The van der Waals surface area contributed by atoms with Gasteiger partial charge < -0.3 is 4.98 Å². The largest absolute Gasteiger partial charge is 0.321 e. The van der Waals surface area contributed by atoms with Gasteiger partial charge in [-0.3, -0.25) is 4.79 Å². The molecule has 0 aliphatic rings. The van der Waals surface area contributed by atoms with E-state index in [0.29, 0.717) is 17.0 Å². The zero-order chi connectivity index (χ0) is 18.9. The van der Waals surface area contributed by atoms with Crippen molar-refractivity contribution >= 4 is 32.5 Å². The molecule has 1 aromatic heterocycles. The number of rotatable bonds is 5. The van der Waals surface area contributed by atoms with Gasteiger partial charge in [0.25, 0.3) is 5.56 Å². The van der Waals surface area contributed by atoms with Crippen LogP contribution in [0.2, 0.25) is 5.02 Å². The predicted molar refractivity (Wildman–Crippen MR) is 104 cm³/mol. The Morgan fingerprint density at radius 3 is 2.38 bits per heavy atom. The maximum atomic E-state index is 12.3. The van der Waals surface area contributed by atoms with Crippen LogP contribution in [0.1, 0.15) is 16.7 Å². The summed E-state index contributed by atoms with van der Waals surface area (Å²) in [6.07, 6.45) is 0.297. The van der Waals surface area contributed by atoms with Crippen molar-refractivity contribution in [3.63, 3.8) is 0 Å². The van der Waals surface area contributed by atoms with E-state index >= 15 is 0 Å². The summed E-state index contributed by atoms with van der Waals surface area (Å²) in [4.78, 5) is 15.4. The highest BCUT2D eigenvalue weighted by atomic mass is 35.5. The quantitative estimate of drug-likeness (QED) is 0.701. The van der Waals surface area contributed by atoms with E-state index in [-0.39, 0.29) is 17.0 Å². The molecule has 0 aliphatic carbocycles. The summed E-state index contributed by atoms with van der Waals surface area (Å²) in [5.74, 6) is 0. The number of hydrogen-bond acceptors (Lipinski definition) is 3. The highest BCUT2D eigenvalue weighted by molar-refractivity contribution is 7.89. The molecule has 0 aliphatic heterocycles. The monoisotopic (exact) mass is 390 g/mol. The number of aryl methyl sites for hydroxylation is 2. The highest BCUT2D eigenvalue weighted by Crippen LogP contribution is 2.20. The van der Waals surface area contributed by atoms with Crippen LogP contribution in [0.15, 0.2) is 52.2 Å². The molecule has 0 unspecified atom stereocenters. The maximum absolute atomic E-state index is 12.3. The molecule has 0 fully saturated rings. The van der Waals surface area contributed by atoms with Crippen LogP contribution < -0.4 is 10.3 Å². The zero-order valence-corrected chi connectivity index (χ0v) is 16.0. The fourth-order valence-electron chi connectivity index (χ4n) is 2.82. The molecular weight excluding hydrogens is 372 g/mol. The first-order chi connectivity index (χ1) is 12.3. The Labute approximate surface area is 157 Å². The topological polar surface area (TPSA) is 79.0 Å². The number of fused-ring (bicyclic) bond motifs is 1. The molecule has 0 radical (unpaired) electrons. The van der Waals surface area contributed by atoms with Crippen LogP contribution >= 0.6 is 11.6 Å². The molecule has 0 atom stereocenters. The number of nitrogens with one attached hydrogen (secondary N) is 2. The SMILES string of the molecule is Cc1ccc(C)c2[nH]c(=O)c(CCNS(=O)(=O)c3ccc(Cl)cc3)cc12. The van der Waals surface area contributed by atoms with E-state index < -0.39 is 10.0 Å². The van der Waals surface area contributed by atoms with Crippen molar-refractivity contribution in [1.82, 2.24) is 9.71 Å². The molecule has 2 N–H and O–H groups in total. The molecule has 1 heterocycles. The van der Waals surface area contributed by atoms with Crippen LogP contribution in [0.5, 0.6) is 0 Å². The lowest BCUT2D eigenvalue weighted by Crippen LogP contribution is -2.27. The van der Waals surface area contributed by atoms with Gasteiger partial charge in [0.2, 0.25) is 10.0 Å². The second kappa shape index (κ2) is 7.23. The van der Waals surface area contributed by atoms with Gasteiger partial charge in [0.15, 0.2) is 0 Å². The molecular formula is C19H19ClN2O3S. The predicted octanol–water partition coefficient (Wildman–Crippen LogP) is 3.32. The lowest BCUT2D eigenvalue weighted by molar-refractivity contribution is 0.581. The summed E-state index contributed by atoms with van der Waals surface area (Å²) in [5, 5.41) is 1.44. The van der Waals surface area contributed by atoms with Crippen molar-refractivity contribution in [3.05, 3.63) is 74.5 Å². The Kier molecular flexibility index (Phi) is 5.18. The van der Waals surface area contributed by atoms with Crippen molar-refractivity contribution in [2.75, 3.05) is 6.54 Å². The summed E-state index contributed by atoms with van der Waals surface area (Å²) in [5.41, 5.74) is 3.23. The Hall–Kier alpha value is -2.15. The zero-order valence-electron chi connectivity index (χ0n) is 14.5. The normalized spacial score (nSPS) is 11.8. The lowest BCUT2D eigenvalue weighted by Gasteiger charge is -2.09. The molecule has 2 aromatic carbocycles. The van der Waals surface area contributed by atoms with E-state index in [1.54, 1.807) is 0 Å². The van der Waals surface area contributed by atoms with Gasteiger partial charge >= 0.3 is 0 Å². The van der Waals surface area contributed by atoms with Crippen LogP contribution in [-0.2, 0) is 16.4 Å². The Morgan fingerprint density at radius 1 is 1.04 bits per heavy atom. The minimum atomic E-state index is -3.64. The minimum Gasteiger partial charge on any atom is -0.321 e. The van der Waals surface area contributed by atoms with Crippen LogP contribution in [-0.4, -0.2) is 19.9 Å². The van der Waals surface area contributed by atoms with Gasteiger partial charge in [-0.05, 0) is 61.7 Å². The maximum Gasteiger partial charge on any atom is 0.251 e. The summed E-state index contributed by atoms with van der Waals surface area (Å²) in [6, 6.07) is 11.7. The molecule has 3 rings (SSSR count). The van der Waals surface area contributed by atoms with Crippen LogP contribution in [0, 0.1) is 13.8 Å². The molecule has 7 heteroatoms. The van der Waals surface area contributed by atoms with E-state index in [4.69, 9.17) is 11.6 Å². The first kappa shape index (κ1) is 18.6. The van der Waals surface area contributed by atoms with Crippen molar-refractivity contribution in [3.8, 4) is 0 Å². The van der Waals surface area contributed by atoms with Gasteiger partial charge in [-0.25, -0.2) is 13.1 Å². The minimum absolute atomic E-state index is 0.129. The molecule has 0 spiro atoms.